The van der Waals surface area contributed by atoms with Gasteiger partial charge in [0.1, 0.15) is 0 Å². The van der Waals surface area contributed by atoms with Gasteiger partial charge in [-0.2, -0.15) is 0 Å². The first-order valence-electron chi connectivity index (χ1n) is 8.64. The van der Waals surface area contributed by atoms with Crippen molar-refractivity contribution in [3.63, 3.8) is 0 Å². The first-order chi connectivity index (χ1) is 14.2. The maximum absolute atomic E-state index is 12.1. The predicted molar refractivity (Wildman–Crippen MR) is 113 cm³/mol. The standard InChI is InChI=1S/C19H16N6O2S2/c1-12-6-5-9-14(10-12)20-18-24-25-19(29-18)28-11-15(26)21-17-23-22-16(27-17)13-7-3-2-4-8-13/h2-10H,11H2,1H3,(H,20,24)(H,21,23,26). The van der Waals surface area contributed by atoms with E-state index < -0.39 is 0 Å². The number of anilines is 3. The van der Waals surface area contributed by atoms with Crippen LogP contribution in [0.2, 0.25) is 0 Å². The van der Waals surface area contributed by atoms with Gasteiger partial charge in [-0.3, -0.25) is 10.1 Å². The number of carbonyl (C=O) groups is 1. The minimum atomic E-state index is -0.262. The molecule has 0 aliphatic carbocycles. The average Bonchev–Trinajstić information content (AvgIpc) is 3.37. The molecule has 0 fully saturated rings. The fraction of sp³-hybridized carbons (Fsp3) is 0.105. The lowest BCUT2D eigenvalue weighted by molar-refractivity contribution is -0.113. The van der Waals surface area contributed by atoms with E-state index in [4.69, 9.17) is 4.42 Å². The second-order valence-corrected chi connectivity index (χ2v) is 8.18. The second kappa shape index (κ2) is 8.84. The van der Waals surface area contributed by atoms with Crippen LogP contribution in [0.15, 0.2) is 63.4 Å². The van der Waals surface area contributed by atoms with Gasteiger partial charge >= 0.3 is 6.01 Å². The zero-order chi connectivity index (χ0) is 20.1. The number of aryl methyl sites for hydroxylation is 1. The highest BCUT2D eigenvalue weighted by atomic mass is 32.2. The van der Waals surface area contributed by atoms with Crippen molar-refractivity contribution >= 4 is 45.8 Å². The number of carbonyl (C=O) groups excluding carboxylic acids is 1. The summed E-state index contributed by atoms with van der Waals surface area (Å²) in [7, 11) is 0. The lowest BCUT2D eigenvalue weighted by atomic mass is 10.2. The number of aromatic nitrogens is 4. The topological polar surface area (TPSA) is 106 Å². The maximum atomic E-state index is 12.1. The molecule has 0 unspecified atom stereocenters. The molecule has 29 heavy (non-hydrogen) atoms. The van der Waals surface area contributed by atoms with Crippen molar-refractivity contribution in [2.75, 3.05) is 16.4 Å². The lowest BCUT2D eigenvalue weighted by Crippen LogP contribution is -2.14. The van der Waals surface area contributed by atoms with Crippen molar-refractivity contribution in [2.45, 2.75) is 11.3 Å². The lowest BCUT2D eigenvalue weighted by Gasteiger charge is -2.01. The molecule has 8 nitrogen and oxygen atoms in total. The van der Waals surface area contributed by atoms with Gasteiger partial charge in [0.15, 0.2) is 4.34 Å². The summed E-state index contributed by atoms with van der Waals surface area (Å²) in [5.74, 6) is 0.244. The summed E-state index contributed by atoms with van der Waals surface area (Å²) in [6.07, 6.45) is 0. The van der Waals surface area contributed by atoms with E-state index in [2.05, 4.69) is 31.0 Å². The molecule has 146 valence electrons. The molecule has 2 heterocycles. The van der Waals surface area contributed by atoms with E-state index in [1.54, 1.807) is 0 Å². The minimum Gasteiger partial charge on any atom is -0.403 e. The summed E-state index contributed by atoms with van der Waals surface area (Å²) in [6, 6.07) is 17.4. The largest absolute Gasteiger partial charge is 0.403 e. The fourth-order valence-electron chi connectivity index (χ4n) is 2.42. The number of rotatable bonds is 7. The number of hydrogen-bond donors (Lipinski definition) is 2. The molecular formula is C19H16N6O2S2. The van der Waals surface area contributed by atoms with E-state index >= 15 is 0 Å². The molecule has 0 spiro atoms. The van der Waals surface area contributed by atoms with Gasteiger partial charge in [0.05, 0.1) is 5.75 Å². The van der Waals surface area contributed by atoms with Crippen molar-refractivity contribution in [3.8, 4) is 11.5 Å². The van der Waals surface area contributed by atoms with E-state index in [0.29, 0.717) is 15.4 Å². The van der Waals surface area contributed by atoms with E-state index in [0.717, 1.165) is 16.8 Å². The Hall–Kier alpha value is -3.24. The highest BCUT2D eigenvalue weighted by Crippen LogP contribution is 2.28. The molecule has 4 aromatic rings. The summed E-state index contributed by atoms with van der Waals surface area (Å²) in [5, 5.41) is 22.5. The molecule has 0 saturated carbocycles. The molecule has 4 rings (SSSR count). The summed E-state index contributed by atoms with van der Waals surface area (Å²) >= 11 is 2.67. The molecule has 0 aliphatic rings. The van der Waals surface area contributed by atoms with E-state index in [-0.39, 0.29) is 17.7 Å². The van der Waals surface area contributed by atoms with Crippen molar-refractivity contribution < 1.29 is 9.21 Å². The molecule has 1 amide bonds. The third kappa shape index (κ3) is 5.18. The average molecular weight is 425 g/mol. The highest BCUT2D eigenvalue weighted by molar-refractivity contribution is 8.01. The number of nitrogens with zero attached hydrogens (tertiary/aromatic N) is 4. The van der Waals surface area contributed by atoms with Crippen molar-refractivity contribution in [1.82, 2.24) is 20.4 Å². The number of nitrogens with one attached hydrogen (secondary N) is 2. The van der Waals surface area contributed by atoms with Crippen molar-refractivity contribution in [1.29, 1.82) is 0 Å². The van der Waals surface area contributed by atoms with Gasteiger partial charge in [-0.1, -0.05) is 58.5 Å². The summed E-state index contributed by atoms with van der Waals surface area (Å²) in [4.78, 5) is 12.1. The van der Waals surface area contributed by atoms with Crippen molar-refractivity contribution in [2.24, 2.45) is 0 Å². The normalized spacial score (nSPS) is 10.7. The zero-order valence-electron chi connectivity index (χ0n) is 15.3. The number of amides is 1. The molecule has 0 radical (unpaired) electrons. The Labute approximate surface area is 174 Å². The Morgan fingerprint density at radius 1 is 1.07 bits per heavy atom. The van der Waals surface area contributed by atoms with E-state index in [1.165, 1.54) is 23.1 Å². The third-order valence-corrected chi connectivity index (χ3v) is 5.67. The van der Waals surface area contributed by atoms with Crippen LogP contribution >= 0.6 is 23.1 Å². The quantitative estimate of drug-likeness (QED) is 0.421. The highest BCUT2D eigenvalue weighted by Gasteiger charge is 2.13. The molecule has 0 saturated heterocycles. The van der Waals surface area contributed by atoms with Crippen LogP contribution in [0.5, 0.6) is 0 Å². The molecule has 2 aromatic heterocycles. The molecule has 0 aliphatic heterocycles. The molecule has 2 aromatic carbocycles. The smallest absolute Gasteiger partial charge is 0.322 e. The molecule has 10 heteroatoms. The molecule has 2 N–H and O–H groups in total. The van der Waals surface area contributed by atoms with Crippen LogP contribution in [0.3, 0.4) is 0 Å². The SMILES string of the molecule is Cc1cccc(Nc2nnc(SCC(=O)Nc3nnc(-c4ccccc4)o3)s2)c1. The van der Waals surface area contributed by atoms with Crippen LogP contribution in [-0.2, 0) is 4.79 Å². The van der Waals surface area contributed by atoms with Crippen LogP contribution in [0.1, 0.15) is 5.56 Å². The van der Waals surface area contributed by atoms with Crippen molar-refractivity contribution in [3.05, 3.63) is 60.2 Å². The fourth-order valence-corrected chi connectivity index (χ4v) is 3.99. The first-order valence-corrected chi connectivity index (χ1v) is 10.4. The van der Waals surface area contributed by atoms with Crippen LogP contribution in [-0.4, -0.2) is 32.1 Å². The first kappa shape index (κ1) is 19.1. The van der Waals surface area contributed by atoms with Gasteiger partial charge in [-0.25, -0.2) is 0 Å². The monoisotopic (exact) mass is 424 g/mol. The summed E-state index contributed by atoms with van der Waals surface area (Å²) in [5.41, 5.74) is 2.89. The van der Waals surface area contributed by atoms with Crippen LogP contribution < -0.4 is 10.6 Å². The summed E-state index contributed by atoms with van der Waals surface area (Å²) < 4.78 is 6.16. The molecular weight excluding hydrogens is 408 g/mol. The van der Waals surface area contributed by atoms with Crippen LogP contribution in [0.4, 0.5) is 16.8 Å². The van der Waals surface area contributed by atoms with E-state index in [9.17, 15) is 4.79 Å². The van der Waals surface area contributed by atoms with Crippen LogP contribution in [0.25, 0.3) is 11.5 Å². The minimum absolute atomic E-state index is 0.0634. The van der Waals surface area contributed by atoms with Gasteiger partial charge in [0, 0.05) is 11.3 Å². The van der Waals surface area contributed by atoms with Gasteiger partial charge in [0.2, 0.25) is 16.9 Å². The Kier molecular flexibility index (Phi) is 5.82. The van der Waals surface area contributed by atoms with Gasteiger partial charge < -0.3 is 9.73 Å². The number of hydrogen-bond acceptors (Lipinski definition) is 9. The predicted octanol–water partition coefficient (Wildman–Crippen LogP) is 4.37. The second-order valence-electron chi connectivity index (χ2n) is 5.98. The van der Waals surface area contributed by atoms with E-state index in [1.807, 2.05) is 61.5 Å². The summed E-state index contributed by atoms with van der Waals surface area (Å²) in [6.45, 7) is 2.03. The van der Waals surface area contributed by atoms with Gasteiger partial charge in [-0.15, -0.1) is 15.3 Å². The Morgan fingerprint density at radius 3 is 2.76 bits per heavy atom. The zero-order valence-corrected chi connectivity index (χ0v) is 17.0. The maximum Gasteiger partial charge on any atom is 0.322 e. The Morgan fingerprint density at radius 2 is 1.93 bits per heavy atom. The van der Waals surface area contributed by atoms with Gasteiger partial charge in [-0.05, 0) is 36.8 Å². The Bertz CT molecular complexity index is 1110. The number of benzene rings is 2. The van der Waals surface area contributed by atoms with Crippen LogP contribution in [0, 0.1) is 6.92 Å². The Balaban J connectivity index is 1.29. The molecule has 0 atom stereocenters. The number of thioether (sulfide) groups is 1. The van der Waals surface area contributed by atoms with Gasteiger partial charge in [0.25, 0.3) is 0 Å². The third-order valence-electron chi connectivity index (χ3n) is 3.69. The molecule has 0 bridgehead atoms.